The predicted molar refractivity (Wildman–Crippen MR) is 76.0 cm³/mol. The van der Waals surface area contributed by atoms with Crippen LogP contribution in [-0.2, 0) is 20.8 Å². The second-order valence-electron chi connectivity index (χ2n) is 3.25. The maximum absolute atomic E-state index is 11.9. The van der Waals surface area contributed by atoms with Crippen LogP contribution in [0.25, 0.3) is 0 Å². The minimum Gasteiger partial charge on any atom is -0.260 e. The Bertz CT molecular complexity index is 531. The molecule has 0 saturated heterocycles. The molecule has 0 aliphatic heterocycles. The molecule has 0 fully saturated rings. The van der Waals surface area contributed by atoms with E-state index in [9.17, 15) is 12.6 Å². The summed E-state index contributed by atoms with van der Waals surface area (Å²) in [7, 11) is -4.57. The van der Waals surface area contributed by atoms with Crippen LogP contribution < -0.4 is 4.72 Å². The van der Waals surface area contributed by atoms with Crippen LogP contribution in [0.2, 0.25) is 0 Å². The Labute approximate surface area is 120 Å². The summed E-state index contributed by atoms with van der Waals surface area (Å²) < 4.78 is 38.3. The molecule has 8 heteroatoms. The van der Waals surface area contributed by atoms with Gasteiger partial charge in [0.1, 0.15) is 0 Å². The van der Waals surface area contributed by atoms with Crippen molar-refractivity contribution in [2.45, 2.75) is 4.90 Å². The zero-order chi connectivity index (χ0) is 13.1. The third-order valence-electron chi connectivity index (χ3n) is 1.87. The molecule has 0 heterocycles. The van der Waals surface area contributed by atoms with Gasteiger partial charge in [-0.3, -0.25) is 4.21 Å². The lowest BCUT2D eigenvalue weighted by Crippen LogP contribution is -2.28. The summed E-state index contributed by atoms with van der Waals surface area (Å²) in [6, 6.07) is 4.81. The highest BCUT2D eigenvalue weighted by molar-refractivity contribution is 9.11. The van der Waals surface area contributed by atoms with Crippen LogP contribution in [0.5, 0.6) is 0 Å². The van der Waals surface area contributed by atoms with Gasteiger partial charge in [-0.15, -0.1) is 0 Å². The number of rotatable bonds is 5. The van der Waals surface area contributed by atoms with Gasteiger partial charge in [-0.05, 0) is 34.1 Å². The van der Waals surface area contributed by atoms with Gasteiger partial charge in [-0.2, -0.15) is 0 Å². The number of hydrogen-bond acceptors (Lipinski definition) is 3. The Hall–Kier alpha value is 0.240. The summed E-state index contributed by atoms with van der Waals surface area (Å²) in [5.41, 5.74) is 0. The van der Waals surface area contributed by atoms with E-state index in [0.29, 0.717) is 10.2 Å². The van der Waals surface area contributed by atoms with Gasteiger partial charge < -0.3 is 0 Å². The van der Waals surface area contributed by atoms with E-state index in [-0.39, 0.29) is 11.4 Å². The summed E-state index contributed by atoms with van der Waals surface area (Å²) >= 11 is 6.44. The molecule has 1 N–H and O–H groups in total. The predicted octanol–water partition coefficient (Wildman–Crippen LogP) is 1.87. The fourth-order valence-corrected chi connectivity index (χ4v) is 4.38. The fraction of sp³-hybridized carbons (Fsp3) is 0.333. The molecule has 0 spiro atoms. The normalized spacial score (nSPS) is 13.6. The van der Waals surface area contributed by atoms with Gasteiger partial charge in [-0.25, -0.2) is 13.1 Å². The number of nitrogens with one attached hydrogen (secondary N) is 1. The quantitative estimate of drug-likeness (QED) is 0.814. The Morgan fingerprint density at radius 2 is 2.00 bits per heavy atom. The summed E-state index contributed by atoms with van der Waals surface area (Å²) in [4.78, 5) is 0.169. The fourth-order valence-electron chi connectivity index (χ4n) is 1.09. The summed E-state index contributed by atoms with van der Waals surface area (Å²) in [6.07, 6.45) is 1.53. The third-order valence-corrected chi connectivity index (χ3v) is 5.58. The third kappa shape index (κ3) is 4.78. The minimum absolute atomic E-state index is 0.161. The van der Waals surface area contributed by atoms with E-state index < -0.39 is 20.8 Å². The van der Waals surface area contributed by atoms with Crippen LogP contribution in [0.3, 0.4) is 0 Å². The SMILES string of the molecule is CS(=O)CCNS(=O)(=O)c1ccc(Br)cc1Br. The van der Waals surface area contributed by atoms with Gasteiger partial charge in [-0.1, -0.05) is 15.9 Å². The first-order valence-electron chi connectivity index (χ1n) is 4.57. The minimum atomic E-state index is -3.56. The van der Waals surface area contributed by atoms with Crippen molar-refractivity contribution < 1.29 is 12.6 Å². The van der Waals surface area contributed by atoms with Crippen LogP contribution in [0.15, 0.2) is 32.0 Å². The van der Waals surface area contributed by atoms with Crippen molar-refractivity contribution in [1.29, 1.82) is 0 Å². The molecule has 1 atom stereocenters. The number of benzene rings is 1. The second kappa shape index (κ2) is 6.42. The van der Waals surface area contributed by atoms with E-state index in [1.165, 1.54) is 12.3 Å². The van der Waals surface area contributed by atoms with Crippen LogP contribution in [0.1, 0.15) is 0 Å². The molecule has 1 rings (SSSR count). The second-order valence-corrected chi connectivity index (χ2v) is 8.31. The summed E-state index contributed by atoms with van der Waals surface area (Å²) in [5, 5.41) is 0. The average molecular weight is 405 g/mol. The highest BCUT2D eigenvalue weighted by Gasteiger charge is 2.17. The van der Waals surface area contributed by atoms with E-state index in [1.54, 1.807) is 12.1 Å². The lowest BCUT2D eigenvalue weighted by atomic mass is 10.4. The van der Waals surface area contributed by atoms with E-state index >= 15 is 0 Å². The van der Waals surface area contributed by atoms with Crippen LogP contribution in [0, 0.1) is 0 Å². The van der Waals surface area contributed by atoms with E-state index in [2.05, 4.69) is 36.6 Å². The molecule has 4 nitrogen and oxygen atoms in total. The van der Waals surface area contributed by atoms with Gasteiger partial charge in [0.25, 0.3) is 0 Å². The van der Waals surface area contributed by atoms with Crippen molar-refractivity contribution >= 4 is 52.7 Å². The molecule has 0 aromatic heterocycles. The van der Waals surface area contributed by atoms with Crippen LogP contribution >= 0.6 is 31.9 Å². The maximum atomic E-state index is 11.9. The van der Waals surface area contributed by atoms with E-state index in [4.69, 9.17) is 0 Å². The Kier molecular flexibility index (Phi) is 5.78. The lowest BCUT2D eigenvalue weighted by Gasteiger charge is -2.08. The largest absolute Gasteiger partial charge is 0.260 e. The molecule has 0 radical (unpaired) electrons. The van der Waals surface area contributed by atoms with Crippen molar-refractivity contribution in [2.24, 2.45) is 0 Å². The first-order valence-corrected chi connectivity index (χ1v) is 9.37. The average Bonchev–Trinajstić information content (AvgIpc) is 2.15. The highest BCUT2D eigenvalue weighted by atomic mass is 79.9. The van der Waals surface area contributed by atoms with Crippen molar-refractivity contribution in [3.05, 3.63) is 27.1 Å². The topological polar surface area (TPSA) is 63.2 Å². The monoisotopic (exact) mass is 403 g/mol. The van der Waals surface area contributed by atoms with Gasteiger partial charge >= 0.3 is 0 Å². The van der Waals surface area contributed by atoms with E-state index in [1.807, 2.05) is 0 Å². The molecular formula is C9H11Br2NO3S2. The first-order chi connectivity index (χ1) is 7.83. The summed E-state index contributed by atoms with van der Waals surface area (Å²) in [5.74, 6) is 0.299. The Morgan fingerprint density at radius 1 is 1.35 bits per heavy atom. The molecular weight excluding hydrogens is 394 g/mol. The molecule has 0 saturated carbocycles. The molecule has 17 heavy (non-hydrogen) atoms. The van der Waals surface area contributed by atoms with E-state index in [0.717, 1.165) is 4.47 Å². The van der Waals surface area contributed by atoms with Crippen molar-refractivity contribution in [1.82, 2.24) is 4.72 Å². The molecule has 0 amide bonds. The molecule has 0 aliphatic rings. The van der Waals surface area contributed by atoms with Crippen LogP contribution in [0.4, 0.5) is 0 Å². The van der Waals surface area contributed by atoms with Gasteiger partial charge in [0, 0.05) is 38.3 Å². The molecule has 1 unspecified atom stereocenters. The molecule has 1 aromatic carbocycles. The van der Waals surface area contributed by atoms with Crippen LogP contribution in [-0.4, -0.2) is 31.2 Å². The Morgan fingerprint density at radius 3 is 2.53 bits per heavy atom. The van der Waals surface area contributed by atoms with Crippen molar-refractivity contribution in [2.75, 3.05) is 18.6 Å². The smallest absolute Gasteiger partial charge is 0.241 e. The molecule has 0 aliphatic carbocycles. The van der Waals surface area contributed by atoms with Gasteiger partial charge in [0.2, 0.25) is 10.0 Å². The lowest BCUT2D eigenvalue weighted by molar-refractivity contribution is 0.583. The highest BCUT2D eigenvalue weighted by Crippen LogP contribution is 2.25. The molecule has 96 valence electrons. The maximum Gasteiger partial charge on any atom is 0.241 e. The molecule has 1 aromatic rings. The van der Waals surface area contributed by atoms with Gasteiger partial charge in [0.15, 0.2) is 0 Å². The summed E-state index contributed by atoms with van der Waals surface area (Å²) in [6.45, 7) is 0.161. The zero-order valence-corrected chi connectivity index (χ0v) is 13.7. The van der Waals surface area contributed by atoms with Gasteiger partial charge in [0.05, 0.1) is 4.90 Å². The number of sulfonamides is 1. The Balaban J connectivity index is 2.86. The number of hydrogen-bond donors (Lipinski definition) is 1. The van der Waals surface area contributed by atoms with Crippen molar-refractivity contribution in [3.63, 3.8) is 0 Å². The zero-order valence-electron chi connectivity index (χ0n) is 8.94. The molecule has 0 bridgehead atoms. The first kappa shape index (κ1) is 15.3. The van der Waals surface area contributed by atoms with Crippen molar-refractivity contribution in [3.8, 4) is 0 Å². The number of halogens is 2. The standard InChI is InChI=1S/C9H11Br2NO3S2/c1-16(13)5-4-12-17(14,15)9-3-2-7(10)6-8(9)11/h2-3,6,12H,4-5H2,1H3.